The lowest BCUT2D eigenvalue weighted by Crippen LogP contribution is -2.36. The van der Waals surface area contributed by atoms with E-state index < -0.39 is 11.6 Å². The van der Waals surface area contributed by atoms with E-state index >= 15 is 0 Å². The van der Waals surface area contributed by atoms with Crippen molar-refractivity contribution in [3.8, 4) is 11.3 Å². The fourth-order valence-corrected chi connectivity index (χ4v) is 3.24. The molecule has 0 aliphatic carbocycles. The number of hydrogen-bond donors (Lipinski definition) is 1. The third kappa shape index (κ3) is 2.98. The highest BCUT2D eigenvalue weighted by Crippen LogP contribution is 2.44. The molecule has 136 valence electrons. The zero-order chi connectivity index (χ0) is 19.3. The van der Waals surface area contributed by atoms with E-state index in [0.717, 1.165) is 13.8 Å². The molecular weight excluding hydrogens is 365 g/mol. The van der Waals surface area contributed by atoms with Gasteiger partial charge >= 0.3 is 6.18 Å². The van der Waals surface area contributed by atoms with Crippen LogP contribution in [0.25, 0.3) is 22.2 Å². The molecule has 3 rings (SSSR count). The smallest absolute Gasteiger partial charge is 0.354 e. The highest BCUT2D eigenvalue weighted by molar-refractivity contribution is 6.31. The number of aromatic amines is 1. The van der Waals surface area contributed by atoms with Crippen molar-refractivity contribution in [3.05, 3.63) is 63.0 Å². The van der Waals surface area contributed by atoms with Crippen LogP contribution in [0.4, 0.5) is 13.2 Å². The lowest BCUT2D eigenvalue weighted by atomic mass is 9.82. The number of hydrogen-bond acceptors (Lipinski definition) is 2. The Morgan fingerprint density at radius 2 is 1.85 bits per heavy atom. The van der Waals surface area contributed by atoms with E-state index in [1.54, 1.807) is 19.2 Å². The van der Waals surface area contributed by atoms with Gasteiger partial charge in [-0.1, -0.05) is 17.7 Å². The van der Waals surface area contributed by atoms with Crippen LogP contribution in [0.3, 0.4) is 0 Å². The number of pyridine rings is 2. The van der Waals surface area contributed by atoms with Crippen molar-refractivity contribution in [1.29, 1.82) is 0 Å². The topological polar surface area (TPSA) is 45.8 Å². The molecule has 0 unspecified atom stereocenters. The SMILES string of the molecule is Cc1cc(C(C)(C)C(F)(F)F)c(Cl)cc1-c1cc(=O)c2cnccc2[nH]1. The maximum atomic E-state index is 13.4. The van der Waals surface area contributed by atoms with Crippen LogP contribution < -0.4 is 5.43 Å². The summed E-state index contributed by atoms with van der Waals surface area (Å²) in [6, 6.07) is 5.97. The van der Waals surface area contributed by atoms with Gasteiger partial charge in [-0.05, 0) is 44.0 Å². The minimum atomic E-state index is -4.44. The molecule has 0 bridgehead atoms. The number of halogens is 4. The average Bonchev–Trinajstić information content (AvgIpc) is 2.55. The van der Waals surface area contributed by atoms with Gasteiger partial charge in [-0.3, -0.25) is 9.78 Å². The molecule has 26 heavy (non-hydrogen) atoms. The Balaban J connectivity index is 2.20. The second kappa shape index (κ2) is 6.13. The first-order valence-corrected chi connectivity index (χ1v) is 8.25. The summed E-state index contributed by atoms with van der Waals surface area (Å²) in [4.78, 5) is 19.3. The molecule has 1 aromatic carbocycles. The number of benzene rings is 1. The molecule has 1 N–H and O–H groups in total. The number of aryl methyl sites for hydroxylation is 1. The van der Waals surface area contributed by atoms with Crippen molar-refractivity contribution in [1.82, 2.24) is 9.97 Å². The summed E-state index contributed by atoms with van der Waals surface area (Å²) >= 11 is 6.20. The van der Waals surface area contributed by atoms with Crippen LogP contribution in [0.1, 0.15) is 25.0 Å². The molecule has 0 saturated heterocycles. The third-order valence-corrected chi connectivity index (χ3v) is 4.93. The van der Waals surface area contributed by atoms with E-state index in [4.69, 9.17) is 11.6 Å². The van der Waals surface area contributed by atoms with Crippen LogP contribution in [-0.2, 0) is 5.41 Å². The molecule has 7 heteroatoms. The fourth-order valence-electron chi connectivity index (χ4n) is 2.84. The van der Waals surface area contributed by atoms with Crippen LogP contribution in [0.2, 0.25) is 5.02 Å². The highest BCUT2D eigenvalue weighted by atomic mass is 35.5. The summed E-state index contributed by atoms with van der Waals surface area (Å²) in [6.07, 6.45) is -1.42. The summed E-state index contributed by atoms with van der Waals surface area (Å²) in [5.74, 6) is 0. The van der Waals surface area contributed by atoms with E-state index in [1.807, 2.05) is 0 Å². The average molecular weight is 381 g/mol. The van der Waals surface area contributed by atoms with Gasteiger partial charge in [0.2, 0.25) is 0 Å². The first kappa shape index (κ1) is 18.5. The number of H-pyrrole nitrogens is 1. The molecule has 2 heterocycles. The molecule has 0 radical (unpaired) electrons. The normalized spacial score (nSPS) is 12.6. The first-order chi connectivity index (χ1) is 12.0. The molecule has 0 amide bonds. The van der Waals surface area contributed by atoms with Crippen LogP contribution in [0.5, 0.6) is 0 Å². The first-order valence-electron chi connectivity index (χ1n) is 7.87. The van der Waals surface area contributed by atoms with Crippen molar-refractivity contribution in [2.75, 3.05) is 0 Å². The lowest BCUT2D eigenvalue weighted by molar-refractivity contribution is -0.180. The van der Waals surface area contributed by atoms with Gasteiger partial charge < -0.3 is 4.98 Å². The Kier molecular flexibility index (Phi) is 4.35. The maximum Gasteiger partial charge on any atom is 0.397 e. The minimum absolute atomic E-state index is 0.000234. The van der Waals surface area contributed by atoms with Gasteiger partial charge in [0, 0.05) is 29.0 Å². The zero-order valence-corrected chi connectivity index (χ0v) is 15.1. The Bertz CT molecular complexity index is 1050. The number of alkyl halides is 3. The molecule has 3 aromatic rings. The van der Waals surface area contributed by atoms with Gasteiger partial charge in [0.25, 0.3) is 0 Å². The largest absolute Gasteiger partial charge is 0.397 e. The second-order valence-corrected chi connectivity index (χ2v) is 7.15. The minimum Gasteiger partial charge on any atom is -0.354 e. The number of nitrogens with zero attached hydrogens (tertiary/aromatic N) is 1. The molecule has 0 atom stereocenters. The van der Waals surface area contributed by atoms with E-state index in [-0.39, 0.29) is 16.0 Å². The second-order valence-electron chi connectivity index (χ2n) is 6.74. The van der Waals surface area contributed by atoms with Gasteiger partial charge in [0.05, 0.1) is 22.0 Å². The van der Waals surface area contributed by atoms with Crippen molar-refractivity contribution in [3.63, 3.8) is 0 Å². The van der Waals surface area contributed by atoms with Gasteiger partial charge in [-0.2, -0.15) is 13.2 Å². The summed E-state index contributed by atoms with van der Waals surface area (Å²) < 4.78 is 40.1. The molecule has 3 nitrogen and oxygen atoms in total. The molecule has 2 aromatic heterocycles. The van der Waals surface area contributed by atoms with Crippen molar-refractivity contribution >= 4 is 22.5 Å². The Labute approximate surface area is 152 Å². The molecule has 0 saturated carbocycles. The standard InChI is InChI=1S/C19H16ClF3N2O/c1-10-6-13(18(2,3)19(21,22)23)14(20)7-11(10)16-8-17(26)12-9-24-5-4-15(12)25-16/h4-9H,1-3H3,(H,25,26). The third-order valence-electron chi connectivity index (χ3n) is 4.62. The van der Waals surface area contributed by atoms with Crippen LogP contribution in [0.15, 0.2) is 41.5 Å². The monoisotopic (exact) mass is 380 g/mol. The van der Waals surface area contributed by atoms with E-state index in [9.17, 15) is 18.0 Å². The maximum absolute atomic E-state index is 13.4. The summed E-state index contributed by atoms with van der Waals surface area (Å²) in [6.45, 7) is 3.88. The van der Waals surface area contributed by atoms with Crippen LogP contribution >= 0.6 is 11.6 Å². The Morgan fingerprint density at radius 3 is 2.50 bits per heavy atom. The van der Waals surface area contributed by atoms with Gasteiger partial charge in [0.1, 0.15) is 0 Å². The molecule has 0 spiro atoms. The van der Waals surface area contributed by atoms with E-state index in [0.29, 0.717) is 27.7 Å². The Hall–Kier alpha value is -2.34. The van der Waals surface area contributed by atoms with Crippen LogP contribution in [0, 0.1) is 6.92 Å². The quantitative estimate of drug-likeness (QED) is 0.647. The summed E-state index contributed by atoms with van der Waals surface area (Å²) in [5.41, 5.74) is -0.0617. The summed E-state index contributed by atoms with van der Waals surface area (Å²) in [7, 11) is 0. The molecule has 0 aliphatic heterocycles. The highest BCUT2D eigenvalue weighted by Gasteiger charge is 2.49. The number of fused-ring (bicyclic) bond motifs is 1. The number of nitrogens with one attached hydrogen (secondary N) is 1. The lowest BCUT2D eigenvalue weighted by Gasteiger charge is -2.30. The molecule has 0 fully saturated rings. The predicted molar refractivity (Wildman–Crippen MR) is 96.6 cm³/mol. The van der Waals surface area contributed by atoms with Gasteiger partial charge in [-0.15, -0.1) is 0 Å². The molecule has 0 aliphatic rings. The van der Waals surface area contributed by atoms with Gasteiger partial charge in [0.15, 0.2) is 5.43 Å². The van der Waals surface area contributed by atoms with Crippen molar-refractivity contribution in [2.24, 2.45) is 0 Å². The molecular formula is C19H16ClF3N2O. The predicted octanol–water partition coefficient (Wildman–Crippen LogP) is 5.39. The van der Waals surface area contributed by atoms with E-state index in [2.05, 4.69) is 9.97 Å². The van der Waals surface area contributed by atoms with Crippen molar-refractivity contribution in [2.45, 2.75) is 32.4 Å². The number of rotatable bonds is 2. The van der Waals surface area contributed by atoms with Crippen LogP contribution in [-0.4, -0.2) is 16.1 Å². The zero-order valence-electron chi connectivity index (χ0n) is 14.3. The van der Waals surface area contributed by atoms with Gasteiger partial charge in [-0.25, -0.2) is 0 Å². The van der Waals surface area contributed by atoms with Crippen molar-refractivity contribution < 1.29 is 13.2 Å². The number of aromatic nitrogens is 2. The fraction of sp³-hybridized carbons (Fsp3) is 0.263. The Morgan fingerprint density at radius 1 is 1.15 bits per heavy atom. The van der Waals surface area contributed by atoms with E-state index in [1.165, 1.54) is 24.4 Å². The summed E-state index contributed by atoms with van der Waals surface area (Å²) in [5, 5.41) is 0.443.